The van der Waals surface area contributed by atoms with Crippen LogP contribution < -0.4 is 5.32 Å². The smallest absolute Gasteiger partial charge is 0.227 e. The van der Waals surface area contributed by atoms with Crippen LogP contribution in [-0.4, -0.2) is 22.6 Å². The minimum absolute atomic E-state index is 0.0187. The lowest BCUT2D eigenvalue weighted by molar-refractivity contribution is -0.121. The second-order valence-corrected chi connectivity index (χ2v) is 4.90. The van der Waals surface area contributed by atoms with Gasteiger partial charge in [-0.15, -0.1) is 0 Å². The second-order valence-electron chi connectivity index (χ2n) is 4.46. The molecule has 20 heavy (non-hydrogen) atoms. The van der Waals surface area contributed by atoms with Gasteiger partial charge in [-0.05, 0) is 31.0 Å². The number of hydrogen-bond donors (Lipinski definition) is 1. The summed E-state index contributed by atoms with van der Waals surface area (Å²) in [5.74, 6) is 1.06. The van der Waals surface area contributed by atoms with Gasteiger partial charge >= 0.3 is 0 Å². The molecule has 0 aliphatic rings. The Balaban J connectivity index is 1.66. The second kappa shape index (κ2) is 7.05. The summed E-state index contributed by atoms with van der Waals surface area (Å²) in [5, 5.41) is 7.25. The topological polar surface area (TPSA) is 68.0 Å². The van der Waals surface area contributed by atoms with Crippen LogP contribution in [0.5, 0.6) is 0 Å². The molecule has 0 atom stereocenters. The Morgan fingerprint density at radius 3 is 2.70 bits per heavy atom. The van der Waals surface area contributed by atoms with Gasteiger partial charge < -0.3 is 9.84 Å². The predicted molar refractivity (Wildman–Crippen MR) is 75.5 cm³/mol. The normalized spacial score (nSPS) is 10.5. The number of amides is 1. The first-order valence-electron chi connectivity index (χ1n) is 6.44. The van der Waals surface area contributed by atoms with E-state index < -0.39 is 0 Å². The van der Waals surface area contributed by atoms with Gasteiger partial charge in [0.1, 0.15) is 0 Å². The molecule has 1 aromatic carbocycles. The number of carbonyl (C=O) groups excluding carboxylic acids is 1. The molecule has 5 nitrogen and oxygen atoms in total. The molecule has 6 heteroatoms. The zero-order valence-electron chi connectivity index (χ0n) is 11.2. The molecule has 0 fully saturated rings. The molecular formula is C14H16ClN3O2. The van der Waals surface area contributed by atoms with Crippen LogP contribution in [0.3, 0.4) is 0 Å². The quantitative estimate of drug-likeness (QED) is 0.887. The number of aromatic nitrogens is 2. The molecule has 0 saturated carbocycles. The first-order valence-corrected chi connectivity index (χ1v) is 6.81. The van der Waals surface area contributed by atoms with E-state index in [1.165, 1.54) is 0 Å². The van der Waals surface area contributed by atoms with E-state index in [0.717, 1.165) is 12.0 Å². The summed E-state index contributed by atoms with van der Waals surface area (Å²) < 4.78 is 4.95. The van der Waals surface area contributed by atoms with Gasteiger partial charge in [-0.2, -0.15) is 4.98 Å². The Kier molecular flexibility index (Phi) is 5.12. The molecule has 0 aliphatic carbocycles. The van der Waals surface area contributed by atoms with Gasteiger partial charge in [0.25, 0.3) is 0 Å². The van der Waals surface area contributed by atoms with Crippen molar-refractivity contribution in [2.45, 2.75) is 26.2 Å². The Hall–Kier alpha value is -1.88. The highest BCUT2D eigenvalue weighted by Crippen LogP contribution is 2.09. The summed E-state index contributed by atoms with van der Waals surface area (Å²) in [5.41, 5.74) is 1.14. The van der Waals surface area contributed by atoms with Crippen LogP contribution in [0.4, 0.5) is 0 Å². The molecule has 106 valence electrons. The van der Waals surface area contributed by atoms with Crippen LogP contribution in [0, 0.1) is 6.92 Å². The maximum atomic E-state index is 11.6. The van der Waals surface area contributed by atoms with Crippen molar-refractivity contribution in [3.05, 3.63) is 46.6 Å². The van der Waals surface area contributed by atoms with E-state index in [-0.39, 0.29) is 5.91 Å². The fourth-order valence-electron chi connectivity index (χ4n) is 1.75. The summed E-state index contributed by atoms with van der Waals surface area (Å²) in [4.78, 5) is 15.7. The fraction of sp³-hybridized carbons (Fsp3) is 0.357. The predicted octanol–water partition coefficient (Wildman–Crippen LogP) is 2.32. The number of aryl methyl sites for hydroxylation is 2. The lowest BCUT2D eigenvalue weighted by Gasteiger charge is -2.04. The molecule has 0 aliphatic heterocycles. The van der Waals surface area contributed by atoms with Crippen molar-refractivity contribution in [2.75, 3.05) is 6.54 Å². The molecule has 0 unspecified atom stereocenters. The van der Waals surface area contributed by atoms with Crippen LogP contribution in [0.1, 0.15) is 23.7 Å². The Bertz CT molecular complexity index is 566. The molecule has 0 spiro atoms. The number of hydrogen-bond acceptors (Lipinski definition) is 4. The van der Waals surface area contributed by atoms with E-state index in [2.05, 4.69) is 15.5 Å². The zero-order valence-corrected chi connectivity index (χ0v) is 12.0. The Labute approximate surface area is 122 Å². The summed E-state index contributed by atoms with van der Waals surface area (Å²) in [6.45, 7) is 2.35. The lowest BCUT2D eigenvalue weighted by atomic mass is 10.1. The van der Waals surface area contributed by atoms with Gasteiger partial charge in [0.15, 0.2) is 5.82 Å². The highest BCUT2D eigenvalue weighted by Gasteiger charge is 2.06. The van der Waals surface area contributed by atoms with E-state index in [4.69, 9.17) is 16.1 Å². The average molecular weight is 294 g/mol. The van der Waals surface area contributed by atoms with E-state index in [1.54, 1.807) is 6.92 Å². The molecule has 0 saturated heterocycles. The van der Waals surface area contributed by atoms with Crippen molar-refractivity contribution in [3.8, 4) is 0 Å². The molecule has 2 rings (SSSR count). The van der Waals surface area contributed by atoms with Crippen molar-refractivity contribution >= 4 is 17.5 Å². The third kappa shape index (κ3) is 4.66. The van der Waals surface area contributed by atoms with Crippen molar-refractivity contribution in [2.24, 2.45) is 0 Å². The SMILES string of the molecule is Cc1noc(CCC(=O)NCCc2ccc(Cl)cc2)n1. The number of nitrogens with zero attached hydrogens (tertiary/aromatic N) is 2. The summed E-state index contributed by atoms with van der Waals surface area (Å²) in [7, 11) is 0. The van der Waals surface area contributed by atoms with Crippen molar-refractivity contribution in [1.82, 2.24) is 15.5 Å². The molecular weight excluding hydrogens is 278 g/mol. The molecule has 2 aromatic rings. The third-order valence-electron chi connectivity index (χ3n) is 2.78. The molecule has 1 heterocycles. The first kappa shape index (κ1) is 14.5. The highest BCUT2D eigenvalue weighted by atomic mass is 35.5. The van der Waals surface area contributed by atoms with E-state index in [9.17, 15) is 4.79 Å². The summed E-state index contributed by atoms with van der Waals surface area (Å²) >= 11 is 5.81. The summed E-state index contributed by atoms with van der Waals surface area (Å²) in [6.07, 6.45) is 1.60. The Morgan fingerprint density at radius 1 is 1.30 bits per heavy atom. The van der Waals surface area contributed by atoms with E-state index in [0.29, 0.717) is 36.1 Å². The Morgan fingerprint density at radius 2 is 2.05 bits per heavy atom. The largest absolute Gasteiger partial charge is 0.356 e. The molecule has 1 aromatic heterocycles. The van der Waals surface area contributed by atoms with E-state index in [1.807, 2.05) is 24.3 Å². The maximum absolute atomic E-state index is 11.6. The molecule has 0 radical (unpaired) electrons. The number of carbonyl (C=O) groups is 1. The first-order chi connectivity index (χ1) is 9.63. The minimum Gasteiger partial charge on any atom is -0.356 e. The van der Waals surface area contributed by atoms with Crippen molar-refractivity contribution < 1.29 is 9.32 Å². The van der Waals surface area contributed by atoms with Crippen LogP contribution in [0.25, 0.3) is 0 Å². The van der Waals surface area contributed by atoms with Crippen molar-refractivity contribution in [3.63, 3.8) is 0 Å². The standard InChI is InChI=1S/C14H16ClN3O2/c1-10-17-14(20-18-10)7-6-13(19)16-9-8-11-2-4-12(15)5-3-11/h2-5H,6-9H2,1H3,(H,16,19). The van der Waals surface area contributed by atoms with Crippen LogP contribution >= 0.6 is 11.6 Å². The highest BCUT2D eigenvalue weighted by molar-refractivity contribution is 6.30. The monoisotopic (exact) mass is 293 g/mol. The maximum Gasteiger partial charge on any atom is 0.227 e. The minimum atomic E-state index is -0.0187. The molecule has 1 amide bonds. The zero-order chi connectivity index (χ0) is 14.4. The van der Waals surface area contributed by atoms with Gasteiger partial charge in [0, 0.05) is 24.4 Å². The molecule has 1 N–H and O–H groups in total. The molecule has 0 bridgehead atoms. The van der Waals surface area contributed by atoms with Crippen LogP contribution in [0.2, 0.25) is 5.02 Å². The van der Waals surface area contributed by atoms with Gasteiger partial charge in [0.2, 0.25) is 11.8 Å². The number of rotatable bonds is 6. The van der Waals surface area contributed by atoms with Gasteiger partial charge in [-0.25, -0.2) is 0 Å². The number of benzene rings is 1. The lowest BCUT2D eigenvalue weighted by Crippen LogP contribution is -2.25. The average Bonchev–Trinajstić information content (AvgIpc) is 2.85. The third-order valence-corrected chi connectivity index (χ3v) is 3.04. The van der Waals surface area contributed by atoms with Gasteiger partial charge in [0.05, 0.1) is 0 Å². The van der Waals surface area contributed by atoms with Crippen LogP contribution in [-0.2, 0) is 17.6 Å². The number of halogens is 1. The van der Waals surface area contributed by atoms with Crippen molar-refractivity contribution in [1.29, 1.82) is 0 Å². The van der Waals surface area contributed by atoms with E-state index >= 15 is 0 Å². The number of nitrogens with one attached hydrogen (secondary N) is 1. The van der Waals surface area contributed by atoms with Gasteiger partial charge in [-0.3, -0.25) is 4.79 Å². The fourth-order valence-corrected chi connectivity index (χ4v) is 1.87. The van der Waals surface area contributed by atoms with Crippen LogP contribution in [0.15, 0.2) is 28.8 Å². The summed E-state index contributed by atoms with van der Waals surface area (Å²) in [6, 6.07) is 7.60. The van der Waals surface area contributed by atoms with Gasteiger partial charge in [-0.1, -0.05) is 28.9 Å².